The van der Waals surface area contributed by atoms with Crippen molar-refractivity contribution in [1.82, 2.24) is 15.6 Å². The van der Waals surface area contributed by atoms with Gasteiger partial charge in [-0.25, -0.2) is 5.43 Å². The highest BCUT2D eigenvalue weighted by Gasteiger charge is 2.12. The molecule has 3 aromatic carbocycles. The van der Waals surface area contributed by atoms with Crippen LogP contribution in [0.25, 0.3) is 22.0 Å². The van der Waals surface area contributed by atoms with Crippen molar-refractivity contribution in [3.63, 3.8) is 0 Å². The van der Waals surface area contributed by atoms with Crippen LogP contribution in [0.15, 0.2) is 84.0 Å². The maximum Gasteiger partial charge on any atom is 0.289 e. The molecule has 132 valence electrons. The minimum absolute atomic E-state index is 0.329. The first-order valence-corrected chi connectivity index (χ1v) is 8.66. The third kappa shape index (κ3) is 3.48. The predicted molar refractivity (Wildman–Crippen MR) is 108 cm³/mol. The lowest BCUT2D eigenvalue weighted by Gasteiger charge is -2.03. The van der Waals surface area contributed by atoms with E-state index in [1.807, 2.05) is 67.6 Å². The summed E-state index contributed by atoms with van der Waals surface area (Å²) < 4.78 is 0. The van der Waals surface area contributed by atoms with Crippen molar-refractivity contribution in [1.29, 1.82) is 0 Å². The van der Waals surface area contributed by atoms with E-state index in [-0.39, 0.29) is 5.91 Å². The van der Waals surface area contributed by atoms with Gasteiger partial charge in [-0.05, 0) is 29.3 Å². The summed E-state index contributed by atoms with van der Waals surface area (Å²) >= 11 is 0. The van der Waals surface area contributed by atoms with Gasteiger partial charge in [0.2, 0.25) is 0 Å². The van der Waals surface area contributed by atoms with Gasteiger partial charge in [-0.1, -0.05) is 72.8 Å². The molecule has 4 aromatic rings. The van der Waals surface area contributed by atoms with Gasteiger partial charge in [0.25, 0.3) is 5.91 Å². The zero-order valence-electron chi connectivity index (χ0n) is 14.8. The van der Waals surface area contributed by atoms with Gasteiger partial charge in [-0.15, -0.1) is 0 Å². The summed E-state index contributed by atoms with van der Waals surface area (Å²) in [4.78, 5) is 12.4. The molecule has 4 rings (SSSR count). The Hall–Kier alpha value is -3.73. The van der Waals surface area contributed by atoms with Crippen LogP contribution in [0, 0.1) is 0 Å². The minimum Gasteiger partial charge on any atom is -0.272 e. The number of hydrogen-bond acceptors (Lipinski definition) is 3. The zero-order valence-corrected chi connectivity index (χ0v) is 14.8. The van der Waals surface area contributed by atoms with Gasteiger partial charge >= 0.3 is 0 Å². The Bertz CT molecular complexity index is 1120. The standard InChI is InChI=1S/C22H18N4O/c1-15(16-8-3-2-4-9-16)23-26-22(27)21-14-20(24-25-21)19-13-7-11-17-10-5-6-12-18(17)19/h2-14H,1H3,(H,24,25)(H,26,27). The summed E-state index contributed by atoms with van der Waals surface area (Å²) in [6, 6.07) is 25.6. The molecule has 0 fully saturated rings. The molecule has 1 aromatic heterocycles. The molecule has 0 aliphatic rings. The molecule has 0 unspecified atom stereocenters. The monoisotopic (exact) mass is 354 g/mol. The van der Waals surface area contributed by atoms with Crippen molar-refractivity contribution in [2.45, 2.75) is 6.92 Å². The molecule has 0 aliphatic carbocycles. The van der Waals surface area contributed by atoms with Crippen LogP contribution in [0.4, 0.5) is 0 Å². The van der Waals surface area contributed by atoms with Crippen molar-refractivity contribution in [2.24, 2.45) is 5.10 Å². The second kappa shape index (κ2) is 7.25. The van der Waals surface area contributed by atoms with Crippen molar-refractivity contribution >= 4 is 22.4 Å². The smallest absolute Gasteiger partial charge is 0.272 e. The molecule has 0 radical (unpaired) electrons. The van der Waals surface area contributed by atoms with Crippen LogP contribution in [-0.2, 0) is 0 Å². The number of nitrogens with one attached hydrogen (secondary N) is 2. The quantitative estimate of drug-likeness (QED) is 0.422. The number of rotatable bonds is 4. The van der Waals surface area contributed by atoms with E-state index in [0.29, 0.717) is 5.69 Å². The largest absolute Gasteiger partial charge is 0.289 e. The van der Waals surface area contributed by atoms with E-state index in [0.717, 1.165) is 33.3 Å². The number of hydrazone groups is 1. The summed E-state index contributed by atoms with van der Waals surface area (Å²) in [5, 5.41) is 13.5. The number of aromatic nitrogens is 2. The number of H-pyrrole nitrogens is 1. The summed E-state index contributed by atoms with van der Waals surface area (Å²) in [6.45, 7) is 1.85. The predicted octanol–water partition coefficient (Wildman–Crippen LogP) is 4.38. The first-order chi connectivity index (χ1) is 13.2. The lowest BCUT2D eigenvalue weighted by Crippen LogP contribution is -2.19. The summed E-state index contributed by atoms with van der Waals surface area (Å²) in [5.41, 5.74) is 6.33. The average Bonchev–Trinajstić information content (AvgIpc) is 3.22. The Morgan fingerprint density at radius 2 is 1.70 bits per heavy atom. The first kappa shape index (κ1) is 16.7. The van der Waals surface area contributed by atoms with Crippen molar-refractivity contribution in [3.8, 4) is 11.3 Å². The van der Waals surface area contributed by atoms with E-state index in [2.05, 4.69) is 32.9 Å². The van der Waals surface area contributed by atoms with Crippen molar-refractivity contribution < 1.29 is 4.79 Å². The van der Waals surface area contributed by atoms with Crippen LogP contribution in [0.5, 0.6) is 0 Å². The van der Waals surface area contributed by atoms with Gasteiger partial charge < -0.3 is 0 Å². The van der Waals surface area contributed by atoms with Crippen LogP contribution in [-0.4, -0.2) is 21.8 Å². The van der Waals surface area contributed by atoms with Crippen LogP contribution in [0.2, 0.25) is 0 Å². The molecule has 0 spiro atoms. The average molecular weight is 354 g/mol. The molecule has 27 heavy (non-hydrogen) atoms. The summed E-state index contributed by atoms with van der Waals surface area (Å²) in [6.07, 6.45) is 0. The molecule has 0 bridgehead atoms. The topological polar surface area (TPSA) is 70.1 Å². The molecule has 2 N–H and O–H groups in total. The Labute approximate surface area is 156 Å². The van der Waals surface area contributed by atoms with Gasteiger partial charge in [0.15, 0.2) is 0 Å². The molecular weight excluding hydrogens is 336 g/mol. The Balaban J connectivity index is 1.56. The summed E-state index contributed by atoms with van der Waals surface area (Å²) in [5.74, 6) is -0.329. The van der Waals surface area contributed by atoms with E-state index in [4.69, 9.17) is 0 Å². The number of benzene rings is 3. The second-order valence-corrected chi connectivity index (χ2v) is 6.20. The zero-order chi connectivity index (χ0) is 18.6. The van der Waals surface area contributed by atoms with Crippen molar-refractivity contribution in [2.75, 3.05) is 0 Å². The number of hydrogen-bond donors (Lipinski definition) is 2. The van der Waals surface area contributed by atoms with Gasteiger partial charge in [0.05, 0.1) is 11.4 Å². The Morgan fingerprint density at radius 1 is 0.963 bits per heavy atom. The first-order valence-electron chi connectivity index (χ1n) is 8.66. The number of carbonyl (C=O) groups excluding carboxylic acids is 1. The molecule has 5 heteroatoms. The van der Waals surface area contributed by atoms with Crippen LogP contribution < -0.4 is 5.43 Å². The Kier molecular flexibility index (Phi) is 4.49. The SMILES string of the molecule is CC(=NNC(=O)c1cc(-c2cccc3ccccc23)n[nH]1)c1ccccc1. The van der Waals surface area contributed by atoms with Crippen LogP contribution in [0.3, 0.4) is 0 Å². The molecular formula is C22H18N4O. The molecule has 5 nitrogen and oxygen atoms in total. The third-order valence-electron chi connectivity index (χ3n) is 4.40. The number of amides is 1. The third-order valence-corrected chi connectivity index (χ3v) is 4.40. The van der Waals surface area contributed by atoms with Gasteiger partial charge in [0.1, 0.15) is 5.69 Å². The fraction of sp³-hybridized carbons (Fsp3) is 0.0455. The van der Waals surface area contributed by atoms with Gasteiger partial charge in [0, 0.05) is 5.56 Å². The lowest BCUT2D eigenvalue weighted by molar-refractivity contribution is 0.0950. The van der Waals surface area contributed by atoms with Crippen LogP contribution in [0.1, 0.15) is 23.0 Å². The second-order valence-electron chi connectivity index (χ2n) is 6.20. The van der Waals surface area contributed by atoms with Gasteiger partial charge in [-0.3, -0.25) is 9.89 Å². The van der Waals surface area contributed by atoms with Crippen LogP contribution >= 0.6 is 0 Å². The maximum atomic E-state index is 12.4. The maximum absolute atomic E-state index is 12.4. The molecule has 0 atom stereocenters. The lowest BCUT2D eigenvalue weighted by atomic mass is 10.0. The van der Waals surface area contributed by atoms with E-state index in [1.54, 1.807) is 6.07 Å². The number of fused-ring (bicyclic) bond motifs is 1. The summed E-state index contributed by atoms with van der Waals surface area (Å²) in [7, 11) is 0. The van der Waals surface area contributed by atoms with E-state index < -0.39 is 0 Å². The highest BCUT2D eigenvalue weighted by molar-refractivity contribution is 6.01. The fourth-order valence-corrected chi connectivity index (χ4v) is 2.96. The number of aromatic amines is 1. The molecule has 0 saturated carbocycles. The number of nitrogens with zero attached hydrogens (tertiary/aromatic N) is 2. The van der Waals surface area contributed by atoms with E-state index in [1.165, 1.54) is 0 Å². The van der Waals surface area contributed by atoms with E-state index in [9.17, 15) is 4.79 Å². The van der Waals surface area contributed by atoms with Crippen molar-refractivity contribution in [3.05, 3.63) is 90.1 Å². The van der Waals surface area contributed by atoms with Gasteiger partial charge in [-0.2, -0.15) is 10.2 Å². The highest BCUT2D eigenvalue weighted by atomic mass is 16.2. The Morgan fingerprint density at radius 3 is 2.56 bits per heavy atom. The fourth-order valence-electron chi connectivity index (χ4n) is 2.96. The molecule has 0 aliphatic heterocycles. The molecule has 1 heterocycles. The normalized spacial score (nSPS) is 11.5. The van der Waals surface area contributed by atoms with E-state index >= 15 is 0 Å². The molecule has 1 amide bonds. The number of carbonyl (C=O) groups is 1. The highest BCUT2D eigenvalue weighted by Crippen LogP contribution is 2.27. The minimum atomic E-state index is -0.329. The molecule has 0 saturated heterocycles.